The van der Waals surface area contributed by atoms with Crippen LogP contribution in [-0.4, -0.2) is 11.6 Å². The summed E-state index contributed by atoms with van der Waals surface area (Å²) >= 11 is 0. The van der Waals surface area contributed by atoms with E-state index >= 15 is 0 Å². The lowest BCUT2D eigenvalue weighted by atomic mass is 9.61. The number of benzene rings is 10. The second-order valence-corrected chi connectivity index (χ2v) is 17.8. The van der Waals surface area contributed by atoms with Crippen LogP contribution in [0.5, 0.6) is 0 Å². The monoisotopic (exact) mass is 760 g/mol. The summed E-state index contributed by atoms with van der Waals surface area (Å²) < 4.78 is 0. The first-order valence-electron chi connectivity index (χ1n) is 21.1. The van der Waals surface area contributed by atoms with Crippen LogP contribution in [0.4, 0.5) is 0 Å². The van der Waals surface area contributed by atoms with Crippen LogP contribution in [0.2, 0.25) is 0 Å². The van der Waals surface area contributed by atoms with E-state index in [-0.39, 0.29) is 35.2 Å². The van der Waals surface area contributed by atoms with Crippen molar-refractivity contribution >= 4 is 54.7 Å². The Bertz CT molecular complexity index is 3160. The van der Waals surface area contributed by atoms with Gasteiger partial charge in [0.1, 0.15) is 0 Å². The predicted octanol–water partition coefficient (Wildman–Crippen LogP) is 13.0. The minimum absolute atomic E-state index is 0.0875. The van der Waals surface area contributed by atoms with Crippen molar-refractivity contribution in [1.82, 2.24) is 0 Å². The first-order valence-corrected chi connectivity index (χ1v) is 21.1. The molecule has 0 heterocycles. The molecule has 0 saturated carbocycles. The van der Waals surface area contributed by atoms with Gasteiger partial charge in [0, 0.05) is 45.9 Å². The molecule has 0 saturated heterocycles. The molecule has 7 aliphatic rings. The SMILES string of the molecule is O=C1c2cc3cc4cc5c(cc4cc3cc2C(=O)c2cc3cc4cc6c(cc4cc3cc21)C1c2ccccc2C6c2ccccc21)C1c2ccccc2C5c2ccccc21. The van der Waals surface area contributed by atoms with Crippen molar-refractivity contribution in [3.8, 4) is 0 Å². The van der Waals surface area contributed by atoms with Gasteiger partial charge in [-0.2, -0.15) is 0 Å². The Morgan fingerprint density at radius 2 is 0.400 bits per heavy atom. The molecule has 0 N–H and O–H groups in total. The summed E-state index contributed by atoms with van der Waals surface area (Å²) in [6, 6.07) is 61.9. The Morgan fingerprint density at radius 1 is 0.217 bits per heavy atom. The van der Waals surface area contributed by atoms with Crippen molar-refractivity contribution in [3.63, 3.8) is 0 Å². The zero-order chi connectivity index (χ0) is 39.1. The number of carbonyl (C=O) groups is 2. The van der Waals surface area contributed by atoms with Crippen molar-refractivity contribution < 1.29 is 9.59 Å². The first kappa shape index (κ1) is 31.6. The number of hydrogen-bond acceptors (Lipinski definition) is 2. The van der Waals surface area contributed by atoms with Crippen molar-refractivity contribution in [1.29, 1.82) is 0 Å². The summed E-state index contributed by atoms with van der Waals surface area (Å²) in [5, 5.41) is 8.50. The lowest BCUT2D eigenvalue weighted by Gasteiger charge is -2.42. The fraction of sp³-hybridized carbons (Fsp3) is 0.0690. The summed E-state index contributed by atoms with van der Waals surface area (Å²) in [6.07, 6.45) is 0. The average molecular weight is 761 g/mol. The van der Waals surface area contributed by atoms with E-state index in [9.17, 15) is 9.59 Å². The molecule has 0 fully saturated rings. The zero-order valence-corrected chi connectivity index (χ0v) is 32.3. The van der Waals surface area contributed by atoms with E-state index in [1.165, 1.54) is 66.8 Å². The third-order valence-electron chi connectivity index (χ3n) is 15.0. The smallest absolute Gasteiger partial charge is 0.194 e. The van der Waals surface area contributed by atoms with Crippen LogP contribution < -0.4 is 0 Å². The molecular formula is C58H32O2. The number of fused-ring (bicyclic) bond motifs is 6. The van der Waals surface area contributed by atoms with Gasteiger partial charge in [-0.15, -0.1) is 0 Å². The third-order valence-corrected chi connectivity index (χ3v) is 15.0. The highest BCUT2D eigenvalue weighted by Gasteiger charge is 2.43. The molecule has 2 nitrogen and oxygen atoms in total. The molecule has 10 aromatic carbocycles. The number of carbonyl (C=O) groups excluding carboxylic acids is 2. The largest absolute Gasteiger partial charge is 0.289 e. The molecule has 7 aliphatic carbocycles. The van der Waals surface area contributed by atoms with E-state index in [4.69, 9.17) is 0 Å². The first-order chi connectivity index (χ1) is 29.6. The van der Waals surface area contributed by atoms with Crippen LogP contribution in [0, 0.1) is 0 Å². The molecule has 0 atom stereocenters. The highest BCUT2D eigenvalue weighted by Crippen LogP contribution is 2.58. The van der Waals surface area contributed by atoms with E-state index in [1.807, 2.05) is 24.3 Å². The van der Waals surface area contributed by atoms with Crippen LogP contribution in [0.1, 0.15) is 122 Å². The zero-order valence-electron chi connectivity index (χ0n) is 32.3. The summed E-state index contributed by atoms with van der Waals surface area (Å²) in [5.74, 6) is 0.594. The molecule has 276 valence electrons. The minimum Gasteiger partial charge on any atom is -0.289 e. The van der Waals surface area contributed by atoms with Crippen LogP contribution in [0.25, 0.3) is 43.1 Å². The fourth-order valence-electron chi connectivity index (χ4n) is 12.5. The van der Waals surface area contributed by atoms with Gasteiger partial charge in [0.25, 0.3) is 0 Å². The van der Waals surface area contributed by atoms with Crippen LogP contribution in [-0.2, 0) is 0 Å². The van der Waals surface area contributed by atoms with Gasteiger partial charge in [0.15, 0.2) is 11.6 Å². The van der Waals surface area contributed by atoms with Gasteiger partial charge in [-0.25, -0.2) is 0 Å². The van der Waals surface area contributed by atoms with E-state index in [0.29, 0.717) is 22.3 Å². The van der Waals surface area contributed by atoms with Gasteiger partial charge in [-0.05, 0) is 183 Å². The molecule has 0 aliphatic heterocycles. The van der Waals surface area contributed by atoms with Crippen LogP contribution in [0.3, 0.4) is 0 Å². The Balaban J connectivity index is 0.865. The Labute approximate surface area is 345 Å². The van der Waals surface area contributed by atoms with E-state index in [0.717, 1.165) is 43.1 Å². The van der Waals surface area contributed by atoms with Gasteiger partial charge in [-0.3, -0.25) is 9.59 Å². The molecule has 0 aromatic heterocycles. The Kier molecular flexibility index (Phi) is 5.68. The molecule has 17 rings (SSSR count). The molecule has 10 aromatic rings. The molecule has 0 spiro atoms. The number of ketones is 2. The quantitative estimate of drug-likeness (QED) is 0.144. The molecule has 0 amide bonds. The van der Waals surface area contributed by atoms with Crippen LogP contribution >= 0.6 is 0 Å². The van der Waals surface area contributed by atoms with E-state index in [2.05, 4.69) is 146 Å². The lowest BCUT2D eigenvalue weighted by Crippen LogP contribution is -2.27. The maximum absolute atomic E-state index is 14.5. The van der Waals surface area contributed by atoms with Crippen LogP contribution in [0.15, 0.2) is 170 Å². The van der Waals surface area contributed by atoms with E-state index < -0.39 is 0 Å². The number of rotatable bonds is 0. The third kappa shape index (κ3) is 3.81. The van der Waals surface area contributed by atoms with Gasteiger partial charge in [0.2, 0.25) is 0 Å². The summed E-state index contributed by atoms with van der Waals surface area (Å²) in [4.78, 5) is 29.1. The molecule has 2 heteroatoms. The van der Waals surface area contributed by atoms with Gasteiger partial charge < -0.3 is 0 Å². The second-order valence-electron chi connectivity index (χ2n) is 17.8. The molecule has 0 unspecified atom stereocenters. The predicted molar refractivity (Wildman–Crippen MR) is 239 cm³/mol. The highest BCUT2D eigenvalue weighted by atomic mass is 16.1. The maximum atomic E-state index is 14.5. The van der Waals surface area contributed by atoms with Gasteiger partial charge >= 0.3 is 0 Å². The normalized spacial score (nSPS) is 19.4. The molecule has 0 radical (unpaired) electrons. The molecule has 60 heavy (non-hydrogen) atoms. The minimum atomic E-state index is -0.0875. The number of hydrogen-bond donors (Lipinski definition) is 0. The summed E-state index contributed by atoms with van der Waals surface area (Å²) in [5.41, 5.74) is 18.6. The molecular weight excluding hydrogens is 729 g/mol. The summed E-state index contributed by atoms with van der Waals surface area (Å²) in [7, 11) is 0. The Hall–Kier alpha value is -7.42. The van der Waals surface area contributed by atoms with E-state index in [1.54, 1.807) is 0 Å². The van der Waals surface area contributed by atoms with Crippen molar-refractivity contribution in [2.45, 2.75) is 23.7 Å². The average Bonchev–Trinajstić information content (AvgIpc) is 3.29. The van der Waals surface area contributed by atoms with Gasteiger partial charge in [-0.1, -0.05) is 97.1 Å². The molecule has 4 bridgehead atoms. The standard InChI is InChI=1S/C58H32O2/c59-57-49-25-33-17-29-21-45-46(54-38-10-2-1-9-37(38)53(45)39-11-3-4-12-40(39)54)22-30(29)18-34(33)26-50(49)58(60)52-28-36-20-32-24-48-47(23-31(32)19-35(36)27-51(52)57)55-41-13-5-7-15-43(41)56(48)44-16-8-6-14-42(44)55/h1-28,53-56H. The summed E-state index contributed by atoms with van der Waals surface area (Å²) in [6.45, 7) is 0. The van der Waals surface area contributed by atoms with Crippen molar-refractivity contribution in [2.75, 3.05) is 0 Å². The van der Waals surface area contributed by atoms with Crippen molar-refractivity contribution in [3.05, 3.63) is 259 Å². The maximum Gasteiger partial charge on any atom is 0.194 e. The fourth-order valence-corrected chi connectivity index (χ4v) is 12.5. The van der Waals surface area contributed by atoms with Crippen molar-refractivity contribution in [2.24, 2.45) is 0 Å². The lowest BCUT2D eigenvalue weighted by molar-refractivity contribution is 0.0979. The van der Waals surface area contributed by atoms with Gasteiger partial charge in [0.05, 0.1) is 0 Å². The Morgan fingerprint density at radius 3 is 0.600 bits per heavy atom. The second kappa shape index (κ2) is 10.8. The highest BCUT2D eigenvalue weighted by molar-refractivity contribution is 6.31. The topological polar surface area (TPSA) is 34.1 Å².